The SMILES string of the molecule is CCCCCCCC(=O)NCC#Cc1cn([C@H]2C[C@H](O)[C@@H](COP(=O)(N[C@@H](C)C(=O)OC)Oc3cccc4ccccc34)O2)c(=O)[nH]c1=O. The van der Waals surface area contributed by atoms with Crippen molar-refractivity contribution < 1.29 is 37.8 Å². The zero-order chi connectivity index (χ0) is 35.4. The average Bonchev–Trinajstić information content (AvgIpc) is 3.45. The van der Waals surface area contributed by atoms with Gasteiger partial charge in [-0.3, -0.25) is 28.5 Å². The van der Waals surface area contributed by atoms with Crippen LogP contribution in [-0.4, -0.2) is 65.0 Å². The molecule has 0 bridgehead atoms. The van der Waals surface area contributed by atoms with Gasteiger partial charge in [-0.25, -0.2) is 9.36 Å². The van der Waals surface area contributed by atoms with Crippen molar-refractivity contribution in [2.45, 2.75) is 83.3 Å². The fourth-order valence-corrected chi connectivity index (χ4v) is 6.74. The number of aromatic amines is 1. The molecule has 1 unspecified atom stereocenters. The molecule has 14 nitrogen and oxygen atoms in total. The third-order valence-electron chi connectivity index (χ3n) is 7.87. The lowest BCUT2D eigenvalue weighted by Crippen LogP contribution is -2.36. The standard InChI is InChI=1S/C34H43N4O10P/c1-4-5-6-7-8-18-30(40)35-19-12-15-25-21-38(34(43)36-32(25)41)31-20-27(39)29(47-31)22-46-49(44,37-23(2)33(42)45-3)48-28-17-11-14-24-13-9-10-16-26(24)28/h9-11,13-14,16-17,21,23,27,29,31,39H,4-8,18-20,22H2,1-3H3,(H,35,40)(H,37,44)(H,36,41,43)/t23-,27-,29+,31+,49?/m0/s1. The van der Waals surface area contributed by atoms with Crippen LogP contribution in [-0.2, 0) is 28.2 Å². The Bertz CT molecular complexity index is 1830. The number of benzene rings is 2. The topological polar surface area (TPSA) is 187 Å². The van der Waals surface area contributed by atoms with Gasteiger partial charge in [0.25, 0.3) is 5.56 Å². The lowest BCUT2D eigenvalue weighted by atomic mass is 10.1. The number of unbranched alkanes of at least 4 members (excludes halogenated alkanes) is 4. The summed E-state index contributed by atoms with van der Waals surface area (Å²) in [5, 5.41) is 17.6. The van der Waals surface area contributed by atoms with E-state index in [0.717, 1.165) is 42.1 Å². The molecule has 0 radical (unpaired) electrons. The second-order valence-electron chi connectivity index (χ2n) is 11.6. The van der Waals surface area contributed by atoms with Crippen LogP contribution in [0.15, 0.2) is 58.3 Å². The van der Waals surface area contributed by atoms with E-state index in [0.29, 0.717) is 11.8 Å². The van der Waals surface area contributed by atoms with E-state index in [1.807, 2.05) is 18.2 Å². The van der Waals surface area contributed by atoms with Crippen LogP contribution in [0, 0.1) is 11.8 Å². The first-order valence-electron chi connectivity index (χ1n) is 16.3. The molecule has 3 aromatic rings. The van der Waals surface area contributed by atoms with Gasteiger partial charge in [-0.05, 0) is 24.8 Å². The number of amides is 1. The number of H-pyrrole nitrogens is 1. The molecule has 0 saturated carbocycles. The van der Waals surface area contributed by atoms with Crippen molar-refractivity contribution in [2.75, 3.05) is 20.3 Å². The summed E-state index contributed by atoms with van der Waals surface area (Å²) in [7, 11) is -3.12. The highest BCUT2D eigenvalue weighted by molar-refractivity contribution is 7.52. The highest BCUT2D eigenvalue weighted by atomic mass is 31.2. The maximum atomic E-state index is 14.0. The minimum atomic E-state index is -4.30. The van der Waals surface area contributed by atoms with E-state index in [1.165, 1.54) is 20.2 Å². The van der Waals surface area contributed by atoms with Crippen LogP contribution in [0.1, 0.15) is 70.6 Å². The monoisotopic (exact) mass is 698 g/mol. The summed E-state index contributed by atoms with van der Waals surface area (Å²) in [6.45, 7) is 3.12. The Morgan fingerprint density at radius 3 is 2.67 bits per heavy atom. The van der Waals surface area contributed by atoms with Gasteiger partial charge in [-0.2, -0.15) is 5.09 Å². The number of fused-ring (bicyclic) bond motifs is 1. The van der Waals surface area contributed by atoms with E-state index in [1.54, 1.807) is 24.3 Å². The van der Waals surface area contributed by atoms with Gasteiger partial charge >= 0.3 is 19.4 Å². The molecule has 2 heterocycles. The Kier molecular flexibility index (Phi) is 13.8. The minimum absolute atomic E-state index is 0.0218. The van der Waals surface area contributed by atoms with Crippen molar-refractivity contribution in [2.24, 2.45) is 0 Å². The molecular weight excluding hydrogens is 655 g/mol. The second kappa shape index (κ2) is 17.9. The largest absolute Gasteiger partial charge is 0.468 e. The van der Waals surface area contributed by atoms with Crippen LogP contribution in [0.25, 0.3) is 10.8 Å². The molecule has 264 valence electrons. The molecule has 1 aromatic heterocycles. The average molecular weight is 699 g/mol. The van der Waals surface area contributed by atoms with Gasteiger partial charge in [0.05, 0.1) is 26.4 Å². The number of aliphatic hydroxyl groups is 1. The molecule has 1 amide bonds. The quantitative estimate of drug-likeness (QED) is 0.0742. The minimum Gasteiger partial charge on any atom is -0.468 e. The number of carbonyl (C=O) groups excluding carboxylic acids is 2. The summed E-state index contributed by atoms with van der Waals surface area (Å²) in [5.41, 5.74) is -1.55. The zero-order valence-corrected chi connectivity index (χ0v) is 28.7. The number of nitrogens with one attached hydrogen (secondary N) is 3. The van der Waals surface area contributed by atoms with Crippen molar-refractivity contribution in [1.82, 2.24) is 20.0 Å². The molecule has 15 heteroatoms. The Morgan fingerprint density at radius 2 is 1.90 bits per heavy atom. The van der Waals surface area contributed by atoms with E-state index < -0.39 is 56.0 Å². The molecule has 4 rings (SSSR count). The number of esters is 1. The lowest BCUT2D eigenvalue weighted by molar-refractivity contribution is -0.142. The molecule has 5 atom stereocenters. The summed E-state index contributed by atoms with van der Waals surface area (Å²) in [6, 6.07) is 11.4. The summed E-state index contributed by atoms with van der Waals surface area (Å²) in [4.78, 5) is 51.6. The van der Waals surface area contributed by atoms with Gasteiger partial charge < -0.3 is 24.4 Å². The van der Waals surface area contributed by atoms with Crippen molar-refractivity contribution in [3.8, 4) is 17.6 Å². The maximum Gasteiger partial charge on any atom is 0.459 e. The van der Waals surface area contributed by atoms with Gasteiger partial charge in [0.2, 0.25) is 5.91 Å². The molecule has 2 aromatic carbocycles. The zero-order valence-electron chi connectivity index (χ0n) is 27.8. The van der Waals surface area contributed by atoms with Gasteiger partial charge in [-0.15, -0.1) is 0 Å². The van der Waals surface area contributed by atoms with Crippen molar-refractivity contribution in [3.05, 3.63) is 75.1 Å². The van der Waals surface area contributed by atoms with E-state index in [-0.39, 0.29) is 30.2 Å². The number of methoxy groups -OCH3 is 1. The van der Waals surface area contributed by atoms with Crippen LogP contribution in [0.2, 0.25) is 0 Å². The first-order chi connectivity index (χ1) is 23.5. The number of aromatic nitrogens is 2. The molecular formula is C34H43N4O10P. The molecule has 1 fully saturated rings. The maximum absolute atomic E-state index is 14.0. The summed E-state index contributed by atoms with van der Waals surface area (Å²) in [6.07, 6.45) is 3.41. The van der Waals surface area contributed by atoms with E-state index in [2.05, 4.69) is 34.2 Å². The number of nitrogens with zero attached hydrogens (tertiary/aromatic N) is 1. The Morgan fingerprint density at radius 1 is 1.14 bits per heavy atom. The van der Waals surface area contributed by atoms with Gasteiger partial charge in [0.1, 0.15) is 29.7 Å². The Hall–Kier alpha value is -4.25. The molecule has 49 heavy (non-hydrogen) atoms. The number of ether oxygens (including phenoxy) is 2. The molecule has 1 aliphatic rings. The fraction of sp³-hybridized carbons (Fsp3) is 0.471. The number of hydrogen-bond donors (Lipinski definition) is 4. The third-order valence-corrected chi connectivity index (χ3v) is 9.50. The van der Waals surface area contributed by atoms with Crippen LogP contribution >= 0.6 is 7.75 Å². The summed E-state index contributed by atoms with van der Waals surface area (Å²) < 4.78 is 37.4. The van der Waals surface area contributed by atoms with Gasteiger partial charge in [0.15, 0.2) is 0 Å². The molecule has 0 aliphatic carbocycles. The van der Waals surface area contributed by atoms with Crippen molar-refractivity contribution in [1.29, 1.82) is 0 Å². The van der Waals surface area contributed by atoms with Gasteiger partial charge in [0, 0.05) is 24.4 Å². The summed E-state index contributed by atoms with van der Waals surface area (Å²) >= 11 is 0. The van der Waals surface area contributed by atoms with Crippen LogP contribution in [0.5, 0.6) is 5.75 Å². The number of carbonyl (C=O) groups is 2. The normalized spacial score (nSPS) is 19.0. The van der Waals surface area contributed by atoms with E-state index in [9.17, 15) is 28.8 Å². The van der Waals surface area contributed by atoms with Crippen molar-refractivity contribution in [3.63, 3.8) is 0 Å². The lowest BCUT2D eigenvalue weighted by Gasteiger charge is -2.25. The second-order valence-corrected chi connectivity index (χ2v) is 13.3. The van der Waals surface area contributed by atoms with Gasteiger partial charge in [-0.1, -0.05) is 80.8 Å². The Labute approximate surface area is 284 Å². The highest BCUT2D eigenvalue weighted by Crippen LogP contribution is 2.47. The van der Waals surface area contributed by atoms with Crippen LogP contribution in [0.3, 0.4) is 0 Å². The predicted octanol–water partition coefficient (Wildman–Crippen LogP) is 3.52. The van der Waals surface area contributed by atoms with E-state index in [4.69, 9.17) is 18.5 Å². The third kappa shape index (κ3) is 10.6. The smallest absolute Gasteiger partial charge is 0.459 e. The Balaban J connectivity index is 1.42. The molecule has 4 N–H and O–H groups in total. The first-order valence-corrected chi connectivity index (χ1v) is 17.8. The van der Waals surface area contributed by atoms with Crippen molar-refractivity contribution >= 4 is 30.4 Å². The molecule has 1 saturated heterocycles. The molecule has 0 spiro atoms. The first kappa shape index (κ1) is 37.6. The number of rotatable bonds is 16. The summed E-state index contributed by atoms with van der Waals surface area (Å²) in [5.74, 6) is 4.78. The molecule has 1 aliphatic heterocycles. The highest BCUT2D eigenvalue weighted by Gasteiger charge is 2.39. The number of hydrogen-bond acceptors (Lipinski definition) is 10. The predicted molar refractivity (Wildman–Crippen MR) is 182 cm³/mol. The number of aliphatic hydroxyl groups excluding tert-OH is 1. The van der Waals surface area contributed by atoms with E-state index >= 15 is 0 Å². The van der Waals surface area contributed by atoms with Crippen LogP contribution in [0.4, 0.5) is 0 Å². The fourth-order valence-electron chi connectivity index (χ4n) is 5.22. The van der Waals surface area contributed by atoms with Crippen LogP contribution < -0.4 is 26.2 Å².